The summed E-state index contributed by atoms with van der Waals surface area (Å²) in [5.74, 6) is -2.28. The summed E-state index contributed by atoms with van der Waals surface area (Å²) in [6, 6.07) is 7.69. The zero-order valence-electron chi connectivity index (χ0n) is 12.1. The van der Waals surface area contributed by atoms with Crippen molar-refractivity contribution in [2.45, 2.75) is 0 Å². The fraction of sp³-hybridized carbons (Fsp3) is 0.125. The predicted octanol–water partition coefficient (Wildman–Crippen LogP) is 2.57. The average Bonchev–Trinajstić information content (AvgIpc) is 2.54. The largest absolute Gasteiger partial charge is 0.482 e. The van der Waals surface area contributed by atoms with Crippen LogP contribution in [0.25, 0.3) is 0 Å². The van der Waals surface area contributed by atoms with E-state index in [-0.39, 0.29) is 23.8 Å². The minimum absolute atomic E-state index is 0.0517. The van der Waals surface area contributed by atoms with Gasteiger partial charge in [-0.15, -0.1) is 0 Å². The van der Waals surface area contributed by atoms with Gasteiger partial charge in [0.15, 0.2) is 18.2 Å². The normalized spacial score (nSPS) is 13.3. The molecule has 5 nitrogen and oxygen atoms in total. The maximum atomic E-state index is 13.2. The van der Waals surface area contributed by atoms with Crippen molar-refractivity contribution in [1.29, 1.82) is 0 Å². The molecule has 0 unspecified atom stereocenters. The third-order valence-corrected chi connectivity index (χ3v) is 3.49. The molecular formula is C16H12F2N2O3. The van der Waals surface area contributed by atoms with E-state index in [1.165, 1.54) is 23.1 Å². The highest BCUT2D eigenvalue weighted by Crippen LogP contribution is 2.32. The number of likely N-dealkylation sites (N-methyl/N-ethyl adjacent to an activating group) is 1. The fourth-order valence-electron chi connectivity index (χ4n) is 2.19. The van der Waals surface area contributed by atoms with Crippen molar-refractivity contribution in [3.8, 4) is 5.75 Å². The molecule has 2 aromatic carbocycles. The summed E-state index contributed by atoms with van der Waals surface area (Å²) < 4.78 is 31.3. The van der Waals surface area contributed by atoms with Crippen LogP contribution in [-0.4, -0.2) is 25.5 Å². The first kappa shape index (κ1) is 15.0. The van der Waals surface area contributed by atoms with Crippen molar-refractivity contribution >= 4 is 23.2 Å². The van der Waals surface area contributed by atoms with Crippen LogP contribution in [-0.2, 0) is 4.79 Å². The number of hydrogen-bond acceptors (Lipinski definition) is 3. The van der Waals surface area contributed by atoms with Gasteiger partial charge in [0.1, 0.15) is 5.75 Å². The van der Waals surface area contributed by atoms with E-state index < -0.39 is 17.5 Å². The van der Waals surface area contributed by atoms with Gasteiger partial charge in [-0.1, -0.05) is 0 Å². The number of amides is 2. The van der Waals surface area contributed by atoms with E-state index in [1.54, 1.807) is 13.1 Å². The van der Waals surface area contributed by atoms with E-state index in [0.717, 1.165) is 12.1 Å². The number of rotatable bonds is 2. The molecule has 0 bridgehead atoms. The molecule has 0 fully saturated rings. The minimum Gasteiger partial charge on any atom is -0.482 e. The number of nitrogens with zero attached hydrogens (tertiary/aromatic N) is 1. The Kier molecular flexibility index (Phi) is 3.69. The zero-order valence-corrected chi connectivity index (χ0v) is 12.1. The van der Waals surface area contributed by atoms with Crippen LogP contribution in [0.1, 0.15) is 10.4 Å². The molecular weight excluding hydrogens is 306 g/mol. The molecule has 7 heteroatoms. The summed E-state index contributed by atoms with van der Waals surface area (Å²) in [5, 5.41) is 2.47. The van der Waals surface area contributed by atoms with E-state index in [4.69, 9.17) is 4.74 Å². The second kappa shape index (κ2) is 5.68. The lowest BCUT2D eigenvalue weighted by Crippen LogP contribution is -2.35. The maximum absolute atomic E-state index is 13.2. The van der Waals surface area contributed by atoms with E-state index in [2.05, 4.69) is 5.32 Å². The standard InChI is InChI=1S/C16H12F2N2O3/c1-20-13-6-9(2-5-14(13)23-8-15(20)21)16(22)19-10-3-4-11(17)12(18)7-10/h2-7H,8H2,1H3,(H,19,22). The molecule has 0 aromatic heterocycles. The van der Waals surface area contributed by atoms with E-state index in [9.17, 15) is 18.4 Å². The maximum Gasteiger partial charge on any atom is 0.264 e. The summed E-state index contributed by atoms with van der Waals surface area (Å²) in [6.07, 6.45) is 0. The first-order chi connectivity index (χ1) is 11.0. The number of hydrogen-bond donors (Lipinski definition) is 1. The van der Waals surface area contributed by atoms with Gasteiger partial charge < -0.3 is 15.0 Å². The Labute approximate surface area is 130 Å². The van der Waals surface area contributed by atoms with Crippen molar-refractivity contribution in [2.24, 2.45) is 0 Å². The van der Waals surface area contributed by atoms with Gasteiger partial charge in [0.2, 0.25) is 0 Å². The quantitative estimate of drug-likeness (QED) is 0.926. The molecule has 3 rings (SSSR count). The molecule has 0 atom stereocenters. The Hall–Kier alpha value is -2.96. The molecule has 118 valence electrons. The van der Waals surface area contributed by atoms with E-state index >= 15 is 0 Å². The number of fused-ring (bicyclic) bond motifs is 1. The summed E-state index contributed by atoms with van der Waals surface area (Å²) in [6.45, 7) is -0.0517. The van der Waals surface area contributed by atoms with Crippen LogP contribution < -0.4 is 15.0 Å². The average molecular weight is 318 g/mol. The Bertz CT molecular complexity index is 808. The molecule has 0 aliphatic carbocycles. The molecule has 2 amide bonds. The van der Waals surface area contributed by atoms with Gasteiger partial charge in [-0.3, -0.25) is 9.59 Å². The number of ether oxygens (including phenoxy) is 1. The number of halogens is 2. The monoisotopic (exact) mass is 318 g/mol. The number of anilines is 2. The number of carbonyl (C=O) groups excluding carboxylic acids is 2. The second-order valence-corrected chi connectivity index (χ2v) is 5.01. The Morgan fingerprint density at radius 1 is 1.17 bits per heavy atom. The van der Waals surface area contributed by atoms with Gasteiger partial charge in [0.05, 0.1) is 5.69 Å². The first-order valence-corrected chi connectivity index (χ1v) is 6.75. The molecule has 1 N–H and O–H groups in total. The third kappa shape index (κ3) is 2.85. The lowest BCUT2D eigenvalue weighted by molar-refractivity contribution is -0.120. The summed E-state index contributed by atoms with van der Waals surface area (Å²) in [5.41, 5.74) is 0.866. The van der Waals surface area contributed by atoms with Gasteiger partial charge >= 0.3 is 0 Å². The van der Waals surface area contributed by atoms with E-state index in [1.807, 2.05) is 0 Å². The topological polar surface area (TPSA) is 58.6 Å². The van der Waals surface area contributed by atoms with Crippen molar-refractivity contribution in [3.63, 3.8) is 0 Å². The van der Waals surface area contributed by atoms with Gasteiger partial charge in [0, 0.05) is 24.4 Å². The SMILES string of the molecule is CN1C(=O)COc2ccc(C(=O)Nc3ccc(F)c(F)c3)cc21. The molecule has 1 heterocycles. The molecule has 1 aliphatic heterocycles. The fourth-order valence-corrected chi connectivity index (χ4v) is 2.19. The molecule has 1 aliphatic rings. The van der Waals surface area contributed by atoms with Crippen LogP contribution in [0.2, 0.25) is 0 Å². The van der Waals surface area contributed by atoms with Gasteiger partial charge in [-0.2, -0.15) is 0 Å². The van der Waals surface area contributed by atoms with Crippen molar-refractivity contribution < 1.29 is 23.1 Å². The smallest absolute Gasteiger partial charge is 0.264 e. The lowest BCUT2D eigenvalue weighted by Gasteiger charge is -2.26. The highest BCUT2D eigenvalue weighted by molar-refractivity contribution is 6.06. The molecule has 23 heavy (non-hydrogen) atoms. The number of benzene rings is 2. The zero-order chi connectivity index (χ0) is 16.6. The van der Waals surface area contributed by atoms with Gasteiger partial charge in [0.25, 0.3) is 11.8 Å². The highest BCUT2D eigenvalue weighted by atomic mass is 19.2. The van der Waals surface area contributed by atoms with Crippen LogP contribution in [0.5, 0.6) is 5.75 Å². The Balaban J connectivity index is 1.85. The lowest BCUT2D eigenvalue weighted by atomic mass is 10.1. The van der Waals surface area contributed by atoms with Gasteiger partial charge in [-0.25, -0.2) is 8.78 Å². The Morgan fingerprint density at radius 2 is 1.96 bits per heavy atom. The first-order valence-electron chi connectivity index (χ1n) is 6.75. The minimum atomic E-state index is -1.05. The van der Waals surface area contributed by atoms with Gasteiger partial charge in [-0.05, 0) is 30.3 Å². The van der Waals surface area contributed by atoms with Crippen LogP contribution >= 0.6 is 0 Å². The molecule has 0 saturated heterocycles. The second-order valence-electron chi connectivity index (χ2n) is 5.01. The number of carbonyl (C=O) groups is 2. The molecule has 0 saturated carbocycles. The van der Waals surface area contributed by atoms with E-state index in [0.29, 0.717) is 11.4 Å². The number of nitrogens with one attached hydrogen (secondary N) is 1. The summed E-state index contributed by atoms with van der Waals surface area (Å²) in [7, 11) is 1.58. The van der Waals surface area contributed by atoms with Crippen LogP contribution in [0.4, 0.5) is 20.2 Å². The van der Waals surface area contributed by atoms with Crippen molar-refractivity contribution in [3.05, 3.63) is 53.6 Å². The van der Waals surface area contributed by atoms with Crippen LogP contribution in [0, 0.1) is 11.6 Å². The predicted molar refractivity (Wildman–Crippen MR) is 79.7 cm³/mol. The Morgan fingerprint density at radius 3 is 2.70 bits per heavy atom. The van der Waals surface area contributed by atoms with Crippen LogP contribution in [0.15, 0.2) is 36.4 Å². The van der Waals surface area contributed by atoms with Crippen LogP contribution in [0.3, 0.4) is 0 Å². The van der Waals surface area contributed by atoms with Crippen molar-refractivity contribution in [1.82, 2.24) is 0 Å². The van der Waals surface area contributed by atoms with Crippen molar-refractivity contribution in [2.75, 3.05) is 23.9 Å². The summed E-state index contributed by atoms with van der Waals surface area (Å²) >= 11 is 0. The third-order valence-electron chi connectivity index (χ3n) is 3.49. The summed E-state index contributed by atoms with van der Waals surface area (Å²) in [4.78, 5) is 25.2. The molecule has 2 aromatic rings. The highest BCUT2D eigenvalue weighted by Gasteiger charge is 2.23. The molecule has 0 radical (unpaired) electrons. The molecule has 0 spiro atoms.